The van der Waals surface area contributed by atoms with Crippen molar-refractivity contribution in [1.29, 1.82) is 0 Å². The summed E-state index contributed by atoms with van der Waals surface area (Å²) in [6.45, 7) is 0. The van der Waals surface area contributed by atoms with Gasteiger partial charge in [-0.25, -0.2) is 9.98 Å². The molecule has 4 rings (SSSR count). The first-order valence-corrected chi connectivity index (χ1v) is 9.50. The zero-order valence-corrected chi connectivity index (χ0v) is 16.1. The molecule has 0 unspecified atom stereocenters. The molecule has 0 atom stereocenters. The van der Waals surface area contributed by atoms with Crippen LogP contribution < -0.4 is 0 Å². The van der Waals surface area contributed by atoms with Crippen LogP contribution in [-0.2, 0) is 0 Å². The minimum atomic E-state index is 0.288. The van der Waals surface area contributed by atoms with Crippen molar-refractivity contribution >= 4 is 124 Å². The van der Waals surface area contributed by atoms with Gasteiger partial charge in [-0.1, -0.05) is 93.1 Å². The molecule has 2 aliphatic rings. The normalized spacial score (nSPS) is 15.9. The molecule has 2 aromatic carbocycles. The van der Waals surface area contributed by atoms with Crippen LogP contribution >= 0.6 is 93.1 Å². The van der Waals surface area contributed by atoms with Gasteiger partial charge in [-0.3, -0.25) is 0 Å². The summed E-state index contributed by atoms with van der Waals surface area (Å²) in [5.74, 6) is 0. The fraction of sp³-hybridized carbons (Fsp3) is 0. The summed E-state index contributed by atoms with van der Waals surface area (Å²) in [6, 6.07) is 0. The van der Waals surface area contributed by atoms with E-state index in [0.717, 1.165) is 10.8 Å². The monoisotopic (exact) mass is 446 g/mol. The third kappa shape index (κ3) is 2.12. The van der Waals surface area contributed by atoms with Crippen molar-refractivity contribution in [3.05, 3.63) is 20.1 Å². The Morgan fingerprint density at radius 3 is 1.27 bits per heavy atom. The summed E-state index contributed by atoms with van der Waals surface area (Å²) in [5.41, 5.74) is 0.940. The Bertz CT molecular complexity index is 876. The van der Waals surface area contributed by atoms with Crippen LogP contribution in [0.1, 0.15) is 0 Å². The maximum atomic E-state index is 6.38. The number of rotatable bonds is 0. The predicted octanol–water partition coefficient (Wildman–Crippen LogP) is 8.12. The highest BCUT2D eigenvalue weighted by Crippen LogP contribution is 2.60. The van der Waals surface area contributed by atoms with Gasteiger partial charge in [0.2, 0.25) is 0 Å². The Balaban J connectivity index is 2.34. The van der Waals surface area contributed by atoms with Crippen LogP contribution in [0.3, 0.4) is 0 Å². The number of hydrogen-bond donors (Lipinski definition) is 0. The van der Waals surface area contributed by atoms with Crippen LogP contribution in [0.15, 0.2) is 19.8 Å². The van der Waals surface area contributed by atoms with Crippen LogP contribution in [-0.4, -0.2) is 9.01 Å². The molecule has 0 aliphatic carbocycles. The van der Waals surface area contributed by atoms with Crippen molar-refractivity contribution < 1.29 is 0 Å². The number of hydrogen-bond acceptors (Lipinski definition) is 4. The lowest BCUT2D eigenvalue weighted by Gasteiger charge is -2.24. The molecule has 0 spiro atoms. The van der Waals surface area contributed by atoms with Gasteiger partial charge in [0.15, 0.2) is 9.01 Å². The third-order valence-electron chi connectivity index (χ3n) is 3.15. The molecular weight excluding hydrogens is 449 g/mol. The van der Waals surface area contributed by atoms with Gasteiger partial charge < -0.3 is 0 Å². The molecule has 0 radical (unpaired) electrons. The fourth-order valence-corrected chi connectivity index (χ4v) is 5.72. The van der Waals surface area contributed by atoms with E-state index >= 15 is 0 Å². The van der Waals surface area contributed by atoms with Crippen LogP contribution in [0.25, 0.3) is 10.8 Å². The number of thioether (sulfide) groups is 2. The van der Waals surface area contributed by atoms with Crippen LogP contribution in [0.2, 0.25) is 20.1 Å². The van der Waals surface area contributed by atoms with E-state index in [1.54, 1.807) is 0 Å². The van der Waals surface area contributed by atoms with Gasteiger partial charge >= 0.3 is 0 Å². The van der Waals surface area contributed by atoms with Gasteiger partial charge in [-0.15, -0.1) is 0 Å². The molecule has 0 bridgehead atoms. The zero-order valence-electron chi connectivity index (χ0n) is 9.98. The van der Waals surface area contributed by atoms with Crippen molar-refractivity contribution in [2.45, 2.75) is 9.79 Å². The van der Waals surface area contributed by atoms with E-state index in [1.807, 2.05) is 0 Å². The van der Waals surface area contributed by atoms with Gasteiger partial charge in [0.05, 0.1) is 31.5 Å². The van der Waals surface area contributed by atoms with E-state index in [4.69, 9.17) is 69.6 Å². The first-order chi connectivity index (χ1) is 10.4. The predicted molar refractivity (Wildman–Crippen MR) is 102 cm³/mol. The molecule has 112 valence electrons. The van der Waals surface area contributed by atoms with E-state index in [9.17, 15) is 0 Å². The minimum Gasteiger partial charge on any atom is -0.227 e. The Labute approximate surface area is 163 Å². The average molecular weight is 449 g/mol. The highest BCUT2D eigenvalue weighted by Gasteiger charge is 2.32. The molecule has 2 aromatic rings. The standard InChI is InChI=1S/C12Cl6N2S2/c13-3-6(16)10-2-1-7(3)19-11(17)21-9(1)5(15)4(14)8(2)20-12(18)22-10. The van der Waals surface area contributed by atoms with E-state index in [0.29, 0.717) is 41.3 Å². The van der Waals surface area contributed by atoms with Gasteiger partial charge in [-0.05, 0) is 0 Å². The van der Waals surface area contributed by atoms with Crippen molar-refractivity contribution in [3.8, 4) is 0 Å². The molecule has 0 saturated carbocycles. The molecular formula is C12Cl6N2S2. The largest absolute Gasteiger partial charge is 0.227 e. The molecule has 22 heavy (non-hydrogen) atoms. The number of benzene rings is 2. The molecule has 0 N–H and O–H groups in total. The molecule has 0 saturated heterocycles. The van der Waals surface area contributed by atoms with Gasteiger partial charge in [0.25, 0.3) is 0 Å². The minimum absolute atomic E-state index is 0.288. The molecule has 0 fully saturated rings. The van der Waals surface area contributed by atoms with Gasteiger partial charge in [0, 0.05) is 20.6 Å². The lowest BCUT2D eigenvalue weighted by molar-refractivity contribution is 1.41. The maximum absolute atomic E-state index is 6.38. The number of halogens is 6. The highest BCUT2D eigenvalue weighted by atomic mass is 35.5. The highest BCUT2D eigenvalue weighted by molar-refractivity contribution is 8.17. The van der Waals surface area contributed by atoms with Gasteiger partial charge in [-0.2, -0.15) is 0 Å². The van der Waals surface area contributed by atoms with E-state index in [1.165, 1.54) is 23.5 Å². The number of aliphatic imine (C=N–C) groups is 2. The van der Waals surface area contributed by atoms with Crippen molar-refractivity contribution in [1.82, 2.24) is 0 Å². The van der Waals surface area contributed by atoms with Crippen molar-refractivity contribution in [2.24, 2.45) is 9.98 Å². The zero-order chi connectivity index (χ0) is 15.8. The van der Waals surface area contributed by atoms with E-state index in [2.05, 4.69) is 9.98 Å². The molecule has 2 nitrogen and oxygen atoms in total. The fourth-order valence-electron chi connectivity index (χ4n) is 2.32. The second kappa shape index (κ2) is 5.50. The smallest absolute Gasteiger partial charge is 0.168 e. The summed E-state index contributed by atoms with van der Waals surface area (Å²) in [5, 5.41) is 2.76. The lowest BCUT2D eigenvalue weighted by atomic mass is 10.1. The molecule has 0 aromatic heterocycles. The van der Waals surface area contributed by atoms with Crippen LogP contribution in [0, 0.1) is 0 Å². The van der Waals surface area contributed by atoms with Crippen LogP contribution in [0.5, 0.6) is 0 Å². The third-order valence-corrected chi connectivity index (χ3v) is 7.44. The Morgan fingerprint density at radius 2 is 0.909 bits per heavy atom. The topological polar surface area (TPSA) is 24.7 Å². The Hall–Kier alpha value is 0.480. The second-order valence-electron chi connectivity index (χ2n) is 4.30. The van der Waals surface area contributed by atoms with Gasteiger partial charge in [0.1, 0.15) is 0 Å². The number of nitrogens with zero attached hydrogens (tertiary/aromatic N) is 2. The molecule has 10 heteroatoms. The van der Waals surface area contributed by atoms with Crippen LogP contribution in [0.4, 0.5) is 11.4 Å². The SMILES string of the molecule is ClC1=Nc2c(Cl)c(Cl)c3c4c(c(Cl)c(Cl)c(c24)S1)N=C(Cl)S3. The second-order valence-corrected chi connectivity index (χ2v) is 8.97. The summed E-state index contributed by atoms with van der Waals surface area (Å²) in [6.07, 6.45) is 0. The molecule has 2 heterocycles. The first-order valence-electron chi connectivity index (χ1n) is 5.59. The Kier molecular flexibility index (Phi) is 3.99. The van der Waals surface area contributed by atoms with E-state index in [-0.39, 0.29) is 9.01 Å². The quantitative estimate of drug-likeness (QED) is 0.406. The maximum Gasteiger partial charge on any atom is 0.168 e. The summed E-state index contributed by atoms with van der Waals surface area (Å²) < 4.78 is 0.577. The van der Waals surface area contributed by atoms with Crippen molar-refractivity contribution in [2.75, 3.05) is 0 Å². The molecule has 0 amide bonds. The molecule has 2 aliphatic heterocycles. The summed E-state index contributed by atoms with van der Waals surface area (Å²) in [4.78, 5) is 9.96. The summed E-state index contributed by atoms with van der Waals surface area (Å²) >= 11 is 40.1. The Morgan fingerprint density at radius 1 is 0.545 bits per heavy atom. The van der Waals surface area contributed by atoms with Crippen molar-refractivity contribution in [3.63, 3.8) is 0 Å². The summed E-state index contributed by atoms with van der Waals surface area (Å²) in [7, 11) is 0. The first kappa shape index (κ1) is 16.0. The average Bonchev–Trinajstić information content (AvgIpc) is 2.48. The van der Waals surface area contributed by atoms with E-state index < -0.39 is 0 Å². The lowest BCUT2D eigenvalue weighted by Crippen LogP contribution is -1.99.